The van der Waals surface area contributed by atoms with Crippen LogP contribution in [0.1, 0.15) is 38.8 Å². The van der Waals surface area contributed by atoms with Gasteiger partial charge in [0.2, 0.25) is 0 Å². The second-order valence-electron chi connectivity index (χ2n) is 6.21. The van der Waals surface area contributed by atoms with E-state index in [1.54, 1.807) is 13.8 Å². The maximum Gasteiger partial charge on any atom is 0.310 e. The molecule has 0 spiro atoms. The second kappa shape index (κ2) is 6.71. The minimum Gasteiger partial charge on any atom is -0.481 e. The van der Waals surface area contributed by atoms with Crippen molar-refractivity contribution in [2.75, 3.05) is 6.54 Å². The highest BCUT2D eigenvalue weighted by molar-refractivity contribution is 5.73. The Morgan fingerprint density at radius 3 is 2.21 bits per heavy atom. The van der Waals surface area contributed by atoms with Crippen LogP contribution in [0.5, 0.6) is 0 Å². The average molecular weight is 263 g/mol. The SMILES string of the molecule is CC(C)Cc1ccc(CNCC(C)(C)C(=O)O)cc1. The summed E-state index contributed by atoms with van der Waals surface area (Å²) in [4.78, 5) is 11.0. The highest BCUT2D eigenvalue weighted by atomic mass is 16.4. The number of carboxylic acids is 1. The Kier molecular flexibility index (Phi) is 5.55. The van der Waals surface area contributed by atoms with E-state index in [0.29, 0.717) is 19.0 Å². The molecule has 0 atom stereocenters. The van der Waals surface area contributed by atoms with E-state index in [0.717, 1.165) is 6.42 Å². The standard InChI is InChI=1S/C16H25NO2/c1-12(2)9-13-5-7-14(8-6-13)10-17-11-16(3,4)15(18)19/h5-8,12,17H,9-11H2,1-4H3,(H,18,19). The van der Waals surface area contributed by atoms with E-state index in [4.69, 9.17) is 5.11 Å². The molecule has 0 saturated heterocycles. The Balaban J connectivity index is 2.44. The maximum absolute atomic E-state index is 11.0. The van der Waals surface area contributed by atoms with Crippen LogP contribution >= 0.6 is 0 Å². The fraction of sp³-hybridized carbons (Fsp3) is 0.562. The van der Waals surface area contributed by atoms with Gasteiger partial charge < -0.3 is 10.4 Å². The lowest BCUT2D eigenvalue weighted by Crippen LogP contribution is -2.35. The van der Waals surface area contributed by atoms with E-state index in [2.05, 4.69) is 43.4 Å². The predicted molar refractivity (Wildman–Crippen MR) is 78.1 cm³/mol. The van der Waals surface area contributed by atoms with Crippen LogP contribution in [0.3, 0.4) is 0 Å². The third-order valence-electron chi connectivity index (χ3n) is 3.14. The quantitative estimate of drug-likeness (QED) is 0.795. The van der Waals surface area contributed by atoms with Crippen molar-refractivity contribution in [1.29, 1.82) is 0 Å². The molecule has 2 N–H and O–H groups in total. The summed E-state index contributed by atoms with van der Waals surface area (Å²) < 4.78 is 0. The summed E-state index contributed by atoms with van der Waals surface area (Å²) in [6.07, 6.45) is 1.10. The summed E-state index contributed by atoms with van der Waals surface area (Å²) in [6.45, 7) is 9.06. The van der Waals surface area contributed by atoms with Gasteiger partial charge >= 0.3 is 5.97 Å². The zero-order valence-corrected chi connectivity index (χ0v) is 12.4. The topological polar surface area (TPSA) is 49.3 Å². The van der Waals surface area contributed by atoms with Crippen molar-refractivity contribution in [1.82, 2.24) is 5.32 Å². The van der Waals surface area contributed by atoms with Gasteiger partial charge in [0.05, 0.1) is 5.41 Å². The average Bonchev–Trinajstić information content (AvgIpc) is 2.30. The van der Waals surface area contributed by atoms with Gasteiger partial charge in [-0.05, 0) is 37.3 Å². The molecule has 19 heavy (non-hydrogen) atoms. The summed E-state index contributed by atoms with van der Waals surface area (Å²) in [5, 5.41) is 12.2. The molecule has 0 radical (unpaired) electrons. The molecule has 0 heterocycles. The van der Waals surface area contributed by atoms with Crippen molar-refractivity contribution in [2.45, 2.75) is 40.7 Å². The van der Waals surface area contributed by atoms with Crippen LogP contribution in [0.15, 0.2) is 24.3 Å². The van der Waals surface area contributed by atoms with Gasteiger partial charge in [-0.2, -0.15) is 0 Å². The van der Waals surface area contributed by atoms with Gasteiger partial charge in [0.15, 0.2) is 0 Å². The first-order valence-electron chi connectivity index (χ1n) is 6.83. The third-order valence-corrected chi connectivity index (χ3v) is 3.14. The summed E-state index contributed by atoms with van der Waals surface area (Å²) in [7, 11) is 0. The molecule has 106 valence electrons. The number of rotatable bonds is 7. The van der Waals surface area contributed by atoms with Crippen molar-refractivity contribution in [3.05, 3.63) is 35.4 Å². The monoisotopic (exact) mass is 263 g/mol. The summed E-state index contributed by atoms with van der Waals surface area (Å²) in [5.74, 6) is -0.104. The van der Waals surface area contributed by atoms with E-state index >= 15 is 0 Å². The van der Waals surface area contributed by atoms with Gasteiger partial charge in [0, 0.05) is 13.1 Å². The highest BCUT2D eigenvalue weighted by Crippen LogP contribution is 2.14. The summed E-state index contributed by atoms with van der Waals surface area (Å²) in [5.41, 5.74) is 1.82. The number of hydrogen-bond donors (Lipinski definition) is 2. The molecular weight excluding hydrogens is 238 g/mol. The molecule has 1 rings (SSSR count). The van der Waals surface area contributed by atoms with Gasteiger partial charge in [0.1, 0.15) is 0 Å². The molecule has 0 bridgehead atoms. The number of benzene rings is 1. The smallest absolute Gasteiger partial charge is 0.310 e. The van der Waals surface area contributed by atoms with Crippen molar-refractivity contribution >= 4 is 5.97 Å². The largest absolute Gasteiger partial charge is 0.481 e. The summed E-state index contributed by atoms with van der Waals surface area (Å²) in [6, 6.07) is 8.52. The predicted octanol–water partition coefficient (Wildman–Crippen LogP) is 3.09. The van der Waals surface area contributed by atoms with Gasteiger partial charge in [0.25, 0.3) is 0 Å². The minimum absolute atomic E-state index is 0.468. The molecule has 0 aliphatic rings. The van der Waals surface area contributed by atoms with Gasteiger partial charge in [-0.25, -0.2) is 0 Å². The van der Waals surface area contributed by atoms with Crippen LogP contribution in [0, 0.1) is 11.3 Å². The fourth-order valence-electron chi connectivity index (χ4n) is 1.86. The molecule has 0 aliphatic heterocycles. The maximum atomic E-state index is 11.0. The number of carbonyl (C=O) groups is 1. The Hall–Kier alpha value is -1.35. The molecule has 0 aromatic heterocycles. The Bertz CT molecular complexity index is 407. The van der Waals surface area contributed by atoms with Crippen LogP contribution in [-0.2, 0) is 17.8 Å². The van der Waals surface area contributed by atoms with Crippen LogP contribution in [0.25, 0.3) is 0 Å². The second-order valence-corrected chi connectivity index (χ2v) is 6.21. The van der Waals surface area contributed by atoms with Crippen LogP contribution in [0.2, 0.25) is 0 Å². The van der Waals surface area contributed by atoms with E-state index in [1.807, 2.05) is 0 Å². The molecule has 0 amide bonds. The normalized spacial score (nSPS) is 11.8. The van der Waals surface area contributed by atoms with Crippen molar-refractivity contribution in [2.24, 2.45) is 11.3 Å². The molecule has 1 aromatic rings. The van der Waals surface area contributed by atoms with Gasteiger partial charge in [-0.15, -0.1) is 0 Å². The third kappa shape index (κ3) is 5.43. The lowest BCUT2D eigenvalue weighted by Gasteiger charge is -2.19. The first-order chi connectivity index (χ1) is 8.81. The zero-order chi connectivity index (χ0) is 14.5. The molecule has 1 aromatic carbocycles. The minimum atomic E-state index is -0.771. The number of aliphatic carboxylic acids is 1. The van der Waals surface area contributed by atoms with Crippen LogP contribution in [0.4, 0.5) is 0 Å². The number of hydrogen-bond acceptors (Lipinski definition) is 2. The molecule has 3 heteroatoms. The molecule has 3 nitrogen and oxygen atoms in total. The fourth-order valence-corrected chi connectivity index (χ4v) is 1.86. The van der Waals surface area contributed by atoms with E-state index in [9.17, 15) is 4.79 Å². The zero-order valence-electron chi connectivity index (χ0n) is 12.4. The lowest BCUT2D eigenvalue weighted by molar-refractivity contribution is -0.146. The Labute approximate surface area is 116 Å². The molecule has 0 saturated carbocycles. The number of nitrogens with one attached hydrogen (secondary N) is 1. The molecule has 0 aliphatic carbocycles. The Morgan fingerprint density at radius 1 is 1.21 bits per heavy atom. The van der Waals surface area contributed by atoms with Crippen molar-refractivity contribution < 1.29 is 9.90 Å². The van der Waals surface area contributed by atoms with E-state index < -0.39 is 11.4 Å². The first kappa shape index (κ1) is 15.7. The molecule has 0 fully saturated rings. The van der Waals surface area contributed by atoms with Crippen LogP contribution in [-0.4, -0.2) is 17.6 Å². The van der Waals surface area contributed by atoms with Crippen molar-refractivity contribution in [3.63, 3.8) is 0 Å². The van der Waals surface area contributed by atoms with Gasteiger partial charge in [-0.1, -0.05) is 38.1 Å². The van der Waals surface area contributed by atoms with Crippen molar-refractivity contribution in [3.8, 4) is 0 Å². The Morgan fingerprint density at radius 2 is 1.74 bits per heavy atom. The summed E-state index contributed by atoms with van der Waals surface area (Å²) >= 11 is 0. The lowest BCUT2D eigenvalue weighted by atomic mass is 9.94. The molecular formula is C16H25NO2. The van der Waals surface area contributed by atoms with E-state index in [-0.39, 0.29) is 0 Å². The first-order valence-corrected chi connectivity index (χ1v) is 6.83. The van der Waals surface area contributed by atoms with Gasteiger partial charge in [-0.3, -0.25) is 4.79 Å². The highest BCUT2D eigenvalue weighted by Gasteiger charge is 2.26. The van der Waals surface area contributed by atoms with E-state index in [1.165, 1.54) is 11.1 Å². The molecule has 0 unspecified atom stereocenters. The number of carboxylic acid groups (broad SMARTS) is 1. The van der Waals surface area contributed by atoms with Crippen LogP contribution < -0.4 is 5.32 Å².